The van der Waals surface area contributed by atoms with Crippen LogP contribution in [0, 0.1) is 0 Å². The van der Waals surface area contributed by atoms with Gasteiger partial charge in [-0.15, -0.1) is 0 Å². The molecule has 0 atom stereocenters. The number of hydrogen-bond acceptors (Lipinski definition) is 2. The molecule has 0 amide bonds. The van der Waals surface area contributed by atoms with E-state index in [2.05, 4.69) is 130 Å². The minimum Gasteiger partial charge on any atom is -0.279 e. The van der Waals surface area contributed by atoms with Gasteiger partial charge in [0.15, 0.2) is 0 Å². The van der Waals surface area contributed by atoms with Crippen LogP contribution in [-0.2, 0) is 0 Å². The lowest BCUT2D eigenvalue weighted by atomic mass is 9.97. The molecule has 0 radical (unpaired) electrons. The van der Waals surface area contributed by atoms with Crippen molar-refractivity contribution in [3.63, 3.8) is 0 Å². The molecule has 9 aromatic rings. The molecule has 4 nitrogen and oxygen atoms in total. The van der Waals surface area contributed by atoms with E-state index in [4.69, 9.17) is 9.97 Å². The Bertz CT molecular complexity index is 2440. The second-order valence-electron chi connectivity index (χ2n) is 10.3. The van der Waals surface area contributed by atoms with Gasteiger partial charge in [-0.05, 0) is 64.4 Å². The Hall–Kier alpha value is -5.48. The van der Waals surface area contributed by atoms with Crippen molar-refractivity contribution in [3.05, 3.63) is 133 Å². The summed E-state index contributed by atoms with van der Waals surface area (Å²) in [7, 11) is 0. The molecule has 4 heteroatoms. The van der Waals surface area contributed by atoms with Crippen molar-refractivity contribution in [2.45, 2.75) is 0 Å². The fourth-order valence-corrected chi connectivity index (χ4v) is 6.31. The Labute approximate surface area is 229 Å². The summed E-state index contributed by atoms with van der Waals surface area (Å²) >= 11 is 0. The number of nitrogens with zero attached hydrogens (tertiary/aromatic N) is 4. The first-order valence-corrected chi connectivity index (χ1v) is 13.5. The van der Waals surface area contributed by atoms with Crippen molar-refractivity contribution in [2.24, 2.45) is 0 Å². The first-order valence-electron chi connectivity index (χ1n) is 13.5. The second-order valence-corrected chi connectivity index (χ2v) is 10.3. The van der Waals surface area contributed by atoms with Gasteiger partial charge in [0.05, 0.1) is 27.6 Å². The molecular weight excluding hydrogens is 488 g/mol. The van der Waals surface area contributed by atoms with Gasteiger partial charge < -0.3 is 0 Å². The number of rotatable bonds is 2. The first kappa shape index (κ1) is 21.5. The number of para-hydroxylation sites is 4. The van der Waals surface area contributed by atoms with E-state index in [1.54, 1.807) is 0 Å². The largest absolute Gasteiger partial charge is 0.279 e. The van der Waals surface area contributed by atoms with Crippen LogP contribution in [0.15, 0.2) is 133 Å². The molecule has 6 aromatic carbocycles. The van der Waals surface area contributed by atoms with E-state index in [0.29, 0.717) is 0 Å². The highest BCUT2D eigenvalue weighted by molar-refractivity contribution is 6.11. The maximum atomic E-state index is 5.28. The third-order valence-electron chi connectivity index (χ3n) is 8.10. The van der Waals surface area contributed by atoms with Crippen LogP contribution in [0.2, 0.25) is 0 Å². The van der Waals surface area contributed by atoms with Gasteiger partial charge in [0.2, 0.25) is 5.95 Å². The third kappa shape index (κ3) is 2.90. The average molecular weight is 511 g/mol. The molecule has 0 bridgehead atoms. The predicted molar refractivity (Wildman–Crippen MR) is 165 cm³/mol. The molecule has 0 aliphatic carbocycles. The molecule has 0 saturated heterocycles. The van der Waals surface area contributed by atoms with Gasteiger partial charge in [-0.2, -0.15) is 0 Å². The van der Waals surface area contributed by atoms with Crippen molar-refractivity contribution < 1.29 is 0 Å². The quantitative estimate of drug-likeness (QED) is 0.233. The second kappa shape index (κ2) is 8.01. The van der Waals surface area contributed by atoms with Crippen LogP contribution < -0.4 is 0 Å². The van der Waals surface area contributed by atoms with Crippen molar-refractivity contribution in [3.8, 4) is 17.1 Å². The zero-order valence-electron chi connectivity index (χ0n) is 21.5. The van der Waals surface area contributed by atoms with Crippen LogP contribution in [0.4, 0.5) is 0 Å². The molecule has 9 rings (SSSR count). The van der Waals surface area contributed by atoms with Crippen LogP contribution in [0.3, 0.4) is 0 Å². The van der Waals surface area contributed by atoms with Gasteiger partial charge >= 0.3 is 0 Å². The Morgan fingerprint density at radius 1 is 0.450 bits per heavy atom. The molecule has 40 heavy (non-hydrogen) atoms. The number of hydrogen-bond donors (Lipinski definition) is 0. The Morgan fingerprint density at radius 3 is 2.02 bits per heavy atom. The van der Waals surface area contributed by atoms with E-state index in [1.165, 1.54) is 32.7 Å². The molecule has 3 heterocycles. The summed E-state index contributed by atoms with van der Waals surface area (Å²) in [5.74, 6) is 0.839. The summed E-state index contributed by atoms with van der Waals surface area (Å²) in [6.07, 6.45) is 0. The van der Waals surface area contributed by atoms with Crippen molar-refractivity contribution in [1.82, 2.24) is 18.9 Å². The van der Waals surface area contributed by atoms with Crippen LogP contribution in [-0.4, -0.2) is 18.9 Å². The summed E-state index contributed by atoms with van der Waals surface area (Å²) in [5.41, 5.74) is 8.53. The molecule has 0 aliphatic heterocycles. The summed E-state index contributed by atoms with van der Waals surface area (Å²) in [5, 5.41) is 5.95. The minimum absolute atomic E-state index is 0.839. The molecule has 0 N–H and O–H groups in total. The number of imidazole rings is 1. The zero-order chi connectivity index (χ0) is 26.2. The fraction of sp³-hybridized carbons (Fsp3) is 0. The Morgan fingerprint density at radius 2 is 1.12 bits per heavy atom. The third-order valence-corrected chi connectivity index (χ3v) is 8.10. The Balaban J connectivity index is 1.42. The molecule has 3 aromatic heterocycles. The minimum atomic E-state index is 0.839. The van der Waals surface area contributed by atoms with Gasteiger partial charge in [-0.3, -0.25) is 8.97 Å². The van der Waals surface area contributed by atoms with Gasteiger partial charge in [0, 0.05) is 16.2 Å². The molecular formula is C36H22N4. The smallest absolute Gasteiger partial charge is 0.221 e. The van der Waals surface area contributed by atoms with Gasteiger partial charge in [0.25, 0.3) is 0 Å². The van der Waals surface area contributed by atoms with Gasteiger partial charge in [-0.1, -0.05) is 91.0 Å². The topological polar surface area (TPSA) is 35.1 Å². The molecule has 0 unspecified atom stereocenters. The van der Waals surface area contributed by atoms with E-state index >= 15 is 0 Å². The van der Waals surface area contributed by atoms with Gasteiger partial charge in [0.1, 0.15) is 5.65 Å². The van der Waals surface area contributed by atoms with Crippen LogP contribution in [0.5, 0.6) is 0 Å². The molecule has 186 valence electrons. The molecule has 0 aliphatic rings. The molecule has 0 spiro atoms. The normalized spacial score (nSPS) is 12.0. The fourth-order valence-electron chi connectivity index (χ4n) is 6.31. The highest BCUT2D eigenvalue weighted by Crippen LogP contribution is 2.37. The number of benzene rings is 6. The van der Waals surface area contributed by atoms with E-state index in [1.807, 2.05) is 12.1 Å². The highest BCUT2D eigenvalue weighted by Gasteiger charge is 2.20. The lowest BCUT2D eigenvalue weighted by molar-refractivity contribution is 0.979. The maximum absolute atomic E-state index is 5.28. The summed E-state index contributed by atoms with van der Waals surface area (Å²) in [6, 6.07) is 47.2. The predicted octanol–water partition coefficient (Wildman–Crippen LogP) is 8.95. The Kier molecular flexibility index (Phi) is 4.30. The van der Waals surface area contributed by atoms with E-state index in [9.17, 15) is 0 Å². The van der Waals surface area contributed by atoms with Crippen molar-refractivity contribution in [1.29, 1.82) is 0 Å². The summed E-state index contributed by atoms with van der Waals surface area (Å²) < 4.78 is 4.51. The number of fused-ring (bicyclic) bond motifs is 9. The standard InChI is InChI=1S/C36H22N4/c1-2-12-25-23(10-1)11-9-15-26(25)24-20-21-33-29(22-24)27-13-4-7-18-32(27)39(33)36-38-30-16-5-3-14-28(30)35-37-31-17-6-8-19-34(31)40(35)36/h1-22H. The summed E-state index contributed by atoms with van der Waals surface area (Å²) in [4.78, 5) is 10.3. The van der Waals surface area contributed by atoms with Crippen molar-refractivity contribution >= 4 is 60.2 Å². The number of aromatic nitrogens is 4. The van der Waals surface area contributed by atoms with Crippen LogP contribution in [0.1, 0.15) is 0 Å². The van der Waals surface area contributed by atoms with E-state index in [-0.39, 0.29) is 0 Å². The van der Waals surface area contributed by atoms with E-state index < -0.39 is 0 Å². The summed E-state index contributed by atoms with van der Waals surface area (Å²) in [6.45, 7) is 0. The van der Waals surface area contributed by atoms with Gasteiger partial charge in [-0.25, -0.2) is 9.97 Å². The average Bonchev–Trinajstić information content (AvgIpc) is 3.57. The van der Waals surface area contributed by atoms with Crippen LogP contribution >= 0.6 is 0 Å². The lowest BCUT2D eigenvalue weighted by Gasteiger charge is -2.13. The zero-order valence-corrected chi connectivity index (χ0v) is 21.5. The lowest BCUT2D eigenvalue weighted by Crippen LogP contribution is -2.06. The highest BCUT2D eigenvalue weighted by atomic mass is 15.2. The monoisotopic (exact) mass is 510 g/mol. The van der Waals surface area contributed by atoms with Crippen molar-refractivity contribution in [2.75, 3.05) is 0 Å². The SMILES string of the molecule is c1ccc2c(-c3ccc4c(c3)c3ccccc3n4-c3nc4ccccc4c4nc5ccccc5n34)cccc2c1. The van der Waals surface area contributed by atoms with E-state index in [0.717, 1.165) is 44.6 Å². The molecule has 0 fully saturated rings. The van der Waals surface area contributed by atoms with Crippen LogP contribution in [0.25, 0.3) is 77.2 Å². The molecule has 0 saturated carbocycles. The first-order chi connectivity index (χ1) is 19.8. The maximum Gasteiger partial charge on any atom is 0.221 e.